The lowest BCUT2D eigenvalue weighted by atomic mass is 10.2. The van der Waals surface area contributed by atoms with Crippen molar-refractivity contribution < 1.29 is 14.4 Å². The molecule has 198 valence electrons. The summed E-state index contributed by atoms with van der Waals surface area (Å²) in [7, 11) is 0. The monoisotopic (exact) mass is 565 g/mol. The van der Waals surface area contributed by atoms with Gasteiger partial charge in [0, 0.05) is 12.4 Å². The normalized spacial score (nSPS) is 10.9. The standard InChI is InChI=1S/C30H23N5O3S2/c36-29(23-19-34(17-21-9-3-1-4-10-21)31-27(23)25-13-7-15-39-25)33-38-30(37)24-20-35(18-22-11-5-2-6-12-22)32-28(24)26-14-8-16-40-26/h1-16,19-20H,17-18H2,(H,33,36). The van der Waals surface area contributed by atoms with E-state index in [1.807, 2.05) is 95.7 Å². The van der Waals surface area contributed by atoms with Gasteiger partial charge < -0.3 is 4.84 Å². The van der Waals surface area contributed by atoms with Crippen LogP contribution in [0.2, 0.25) is 0 Å². The zero-order valence-electron chi connectivity index (χ0n) is 21.1. The lowest BCUT2D eigenvalue weighted by molar-refractivity contribution is 0.0231. The zero-order valence-corrected chi connectivity index (χ0v) is 22.8. The van der Waals surface area contributed by atoms with Crippen molar-refractivity contribution in [1.29, 1.82) is 0 Å². The Morgan fingerprint density at radius 3 is 1.68 bits per heavy atom. The molecule has 8 nitrogen and oxygen atoms in total. The number of benzene rings is 2. The highest BCUT2D eigenvalue weighted by Crippen LogP contribution is 2.29. The third kappa shape index (κ3) is 5.63. The van der Waals surface area contributed by atoms with Gasteiger partial charge in [-0.05, 0) is 34.0 Å². The maximum atomic E-state index is 13.3. The van der Waals surface area contributed by atoms with Crippen molar-refractivity contribution in [3.63, 3.8) is 0 Å². The fraction of sp³-hybridized carbons (Fsp3) is 0.0667. The second-order valence-corrected chi connectivity index (χ2v) is 10.8. The molecular formula is C30H23N5O3S2. The number of nitrogens with zero attached hydrogens (tertiary/aromatic N) is 4. The van der Waals surface area contributed by atoms with Gasteiger partial charge in [-0.1, -0.05) is 72.8 Å². The molecule has 0 atom stereocenters. The van der Waals surface area contributed by atoms with E-state index < -0.39 is 11.9 Å². The molecule has 1 amide bonds. The van der Waals surface area contributed by atoms with Gasteiger partial charge in [-0.15, -0.1) is 22.7 Å². The molecular weight excluding hydrogens is 542 g/mol. The van der Waals surface area contributed by atoms with E-state index in [2.05, 4.69) is 15.7 Å². The highest BCUT2D eigenvalue weighted by atomic mass is 32.1. The number of carbonyl (C=O) groups excluding carboxylic acids is 2. The van der Waals surface area contributed by atoms with Gasteiger partial charge in [-0.3, -0.25) is 14.2 Å². The van der Waals surface area contributed by atoms with Crippen LogP contribution in [0.3, 0.4) is 0 Å². The summed E-state index contributed by atoms with van der Waals surface area (Å²) in [5.41, 5.74) is 6.03. The molecule has 4 heterocycles. The van der Waals surface area contributed by atoms with Gasteiger partial charge in [-0.25, -0.2) is 4.79 Å². The average molecular weight is 566 g/mol. The predicted octanol–water partition coefficient (Wildman–Crippen LogP) is 6.14. The van der Waals surface area contributed by atoms with Gasteiger partial charge in [0.05, 0.1) is 28.4 Å². The molecule has 1 N–H and O–H groups in total. The third-order valence-corrected chi connectivity index (χ3v) is 7.86. The molecule has 0 aliphatic rings. The molecule has 4 aromatic heterocycles. The molecule has 0 unspecified atom stereocenters. The average Bonchev–Trinajstić information content (AvgIpc) is 3.79. The number of hydrogen-bond donors (Lipinski definition) is 1. The Balaban J connectivity index is 1.22. The molecule has 0 spiro atoms. The highest BCUT2D eigenvalue weighted by molar-refractivity contribution is 7.13. The second-order valence-electron chi connectivity index (χ2n) is 8.92. The summed E-state index contributed by atoms with van der Waals surface area (Å²) in [5.74, 6) is -1.27. The van der Waals surface area contributed by atoms with Crippen molar-refractivity contribution in [1.82, 2.24) is 25.0 Å². The lowest BCUT2D eigenvalue weighted by Crippen LogP contribution is -2.27. The molecule has 6 rings (SSSR count). The van der Waals surface area contributed by atoms with E-state index in [-0.39, 0.29) is 5.56 Å². The minimum atomic E-state index is -0.703. The summed E-state index contributed by atoms with van der Waals surface area (Å²) in [4.78, 5) is 33.5. The number of nitrogens with one attached hydrogen (secondary N) is 1. The topological polar surface area (TPSA) is 91.0 Å². The Bertz CT molecular complexity index is 1590. The molecule has 6 aromatic rings. The van der Waals surface area contributed by atoms with Crippen molar-refractivity contribution in [3.8, 4) is 21.1 Å². The summed E-state index contributed by atoms with van der Waals surface area (Å²) in [6, 6.07) is 27.3. The maximum Gasteiger partial charge on any atom is 0.366 e. The first-order chi connectivity index (χ1) is 19.6. The Morgan fingerprint density at radius 1 is 0.675 bits per heavy atom. The van der Waals surface area contributed by atoms with Crippen LogP contribution in [0.25, 0.3) is 21.1 Å². The van der Waals surface area contributed by atoms with Crippen molar-refractivity contribution in [2.75, 3.05) is 0 Å². The number of hydrogen-bond acceptors (Lipinski definition) is 7. The minimum absolute atomic E-state index is 0.261. The first kappa shape index (κ1) is 25.5. The number of amides is 1. The van der Waals surface area contributed by atoms with Gasteiger partial charge in [0.25, 0.3) is 5.91 Å². The van der Waals surface area contributed by atoms with E-state index >= 15 is 0 Å². The molecule has 0 bridgehead atoms. The van der Waals surface area contributed by atoms with Crippen molar-refractivity contribution in [3.05, 3.63) is 130 Å². The summed E-state index contributed by atoms with van der Waals surface area (Å²) >= 11 is 2.95. The van der Waals surface area contributed by atoms with Gasteiger partial charge in [0.2, 0.25) is 0 Å². The van der Waals surface area contributed by atoms with Gasteiger partial charge in [0.1, 0.15) is 17.0 Å². The molecule has 0 aliphatic heterocycles. The smallest absolute Gasteiger partial charge is 0.335 e. The van der Waals surface area contributed by atoms with Crippen LogP contribution in [0.15, 0.2) is 108 Å². The summed E-state index contributed by atoms with van der Waals surface area (Å²) in [5, 5.41) is 13.1. The summed E-state index contributed by atoms with van der Waals surface area (Å²) in [6.45, 7) is 0.987. The highest BCUT2D eigenvalue weighted by Gasteiger charge is 2.24. The van der Waals surface area contributed by atoms with Crippen molar-refractivity contribution in [2.24, 2.45) is 0 Å². The van der Waals surface area contributed by atoms with Crippen LogP contribution in [0.1, 0.15) is 31.8 Å². The van der Waals surface area contributed by atoms with Crippen LogP contribution in [-0.2, 0) is 17.9 Å². The summed E-state index contributed by atoms with van der Waals surface area (Å²) < 4.78 is 3.41. The Kier molecular flexibility index (Phi) is 7.34. The number of aromatic nitrogens is 4. The van der Waals surface area contributed by atoms with Crippen LogP contribution >= 0.6 is 22.7 Å². The fourth-order valence-corrected chi connectivity index (χ4v) is 5.70. The van der Waals surface area contributed by atoms with Crippen LogP contribution in [-0.4, -0.2) is 31.4 Å². The predicted molar refractivity (Wildman–Crippen MR) is 155 cm³/mol. The molecule has 0 saturated carbocycles. The number of rotatable bonds is 8. The van der Waals surface area contributed by atoms with Gasteiger partial charge in [-0.2, -0.15) is 15.7 Å². The largest absolute Gasteiger partial charge is 0.366 e. The van der Waals surface area contributed by atoms with Crippen molar-refractivity contribution in [2.45, 2.75) is 13.1 Å². The maximum absolute atomic E-state index is 13.3. The lowest BCUT2D eigenvalue weighted by Gasteiger charge is -2.05. The van der Waals surface area contributed by atoms with Crippen LogP contribution in [0.4, 0.5) is 0 Å². The quantitative estimate of drug-likeness (QED) is 0.224. The third-order valence-electron chi connectivity index (χ3n) is 6.11. The first-order valence-electron chi connectivity index (χ1n) is 12.5. The molecule has 0 fully saturated rings. The van der Waals surface area contributed by atoms with E-state index in [0.717, 1.165) is 20.9 Å². The Morgan fingerprint density at radius 2 is 1.18 bits per heavy atom. The van der Waals surface area contributed by atoms with Crippen LogP contribution in [0.5, 0.6) is 0 Å². The first-order valence-corrected chi connectivity index (χ1v) is 14.2. The Labute approximate surface area is 238 Å². The van der Waals surface area contributed by atoms with Crippen LogP contribution in [0, 0.1) is 0 Å². The SMILES string of the molecule is O=C(NOC(=O)c1cn(Cc2ccccc2)nc1-c1cccs1)c1cn(Cc2ccccc2)nc1-c1cccs1. The fourth-order valence-electron chi connectivity index (χ4n) is 4.25. The number of thiophene rings is 2. The van der Waals surface area contributed by atoms with Crippen molar-refractivity contribution >= 4 is 34.6 Å². The van der Waals surface area contributed by atoms with E-state index in [0.29, 0.717) is 30.0 Å². The number of hydroxylamine groups is 1. The van der Waals surface area contributed by atoms with E-state index in [4.69, 9.17) is 4.84 Å². The molecule has 40 heavy (non-hydrogen) atoms. The van der Waals surface area contributed by atoms with E-state index in [1.165, 1.54) is 22.7 Å². The molecule has 2 aromatic carbocycles. The van der Waals surface area contributed by atoms with Gasteiger partial charge >= 0.3 is 5.97 Å². The molecule has 10 heteroatoms. The minimum Gasteiger partial charge on any atom is -0.335 e. The second kappa shape index (κ2) is 11.5. The summed E-state index contributed by atoms with van der Waals surface area (Å²) in [6.07, 6.45) is 3.31. The van der Waals surface area contributed by atoms with Gasteiger partial charge in [0.15, 0.2) is 0 Å². The van der Waals surface area contributed by atoms with E-state index in [1.54, 1.807) is 21.8 Å². The number of carbonyl (C=O) groups is 2. The molecule has 0 aliphatic carbocycles. The molecule has 0 radical (unpaired) electrons. The van der Waals surface area contributed by atoms with E-state index in [9.17, 15) is 9.59 Å². The zero-order chi connectivity index (χ0) is 27.3. The molecule has 0 saturated heterocycles. The van der Waals surface area contributed by atoms with Crippen LogP contribution < -0.4 is 5.48 Å². The Hall–Kier alpha value is -4.80.